The maximum atomic E-state index is 5.11. The number of aryl methyl sites for hydroxylation is 2. The summed E-state index contributed by atoms with van der Waals surface area (Å²) in [6.07, 6.45) is 5.11. The fourth-order valence-corrected chi connectivity index (χ4v) is 4.06. The molecule has 0 aliphatic heterocycles. The summed E-state index contributed by atoms with van der Waals surface area (Å²) >= 11 is 1.70. The van der Waals surface area contributed by atoms with Crippen molar-refractivity contribution >= 4 is 11.8 Å². The summed E-state index contributed by atoms with van der Waals surface area (Å²) in [7, 11) is 0. The van der Waals surface area contributed by atoms with E-state index in [4.69, 9.17) is 4.52 Å². The van der Waals surface area contributed by atoms with Crippen LogP contribution in [-0.4, -0.2) is 19.9 Å². The fraction of sp³-hybridized carbons (Fsp3) is 0.667. The van der Waals surface area contributed by atoms with Gasteiger partial charge in [0.1, 0.15) is 11.6 Å². The van der Waals surface area contributed by atoms with Crippen molar-refractivity contribution < 1.29 is 4.52 Å². The highest BCUT2D eigenvalue weighted by Crippen LogP contribution is 2.35. The maximum absolute atomic E-state index is 5.11. The molecule has 2 aromatic rings. The van der Waals surface area contributed by atoms with E-state index < -0.39 is 0 Å². The minimum Gasteiger partial charge on any atom is -0.361 e. The van der Waals surface area contributed by atoms with Crippen molar-refractivity contribution in [2.75, 3.05) is 0 Å². The molecular weight excluding hydrogens is 284 g/mol. The summed E-state index contributed by atoms with van der Waals surface area (Å²) in [5.41, 5.74) is 0.960. The Morgan fingerprint density at radius 1 is 1.33 bits per heavy atom. The van der Waals surface area contributed by atoms with Gasteiger partial charge in [-0.2, -0.15) is 0 Å². The molecule has 0 amide bonds. The van der Waals surface area contributed by atoms with Gasteiger partial charge < -0.3 is 9.09 Å². The van der Waals surface area contributed by atoms with Crippen LogP contribution in [0.1, 0.15) is 55.9 Å². The summed E-state index contributed by atoms with van der Waals surface area (Å²) in [4.78, 5) is 0. The Bertz CT molecular complexity index is 607. The predicted molar refractivity (Wildman–Crippen MR) is 82.2 cm³/mol. The fourth-order valence-electron chi connectivity index (χ4n) is 3.13. The lowest BCUT2D eigenvalue weighted by molar-refractivity contribution is 0.268. The minimum absolute atomic E-state index is 0.547. The van der Waals surface area contributed by atoms with E-state index in [2.05, 4.69) is 33.8 Å². The highest BCUT2D eigenvalue weighted by molar-refractivity contribution is 7.98. The minimum atomic E-state index is 0.547. The molecule has 0 aromatic carbocycles. The highest BCUT2D eigenvalue weighted by Gasteiger charge is 2.24. The number of hydrogen-bond acceptors (Lipinski definition) is 5. The van der Waals surface area contributed by atoms with Crippen molar-refractivity contribution in [3.63, 3.8) is 0 Å². The van der Waals surface area contributed by atoms with Crippen LogP contribution in [0, 0.1) is 19.8 Å². The lowest BCUT2D eigenvalue weighted by Crippen LogP contribution is -2.19. The second-order valence-corrected chi connectivity index (χ2v) is 6.99. The van der Waals surface area contributed by atoms with Gasteiger partial charge in [-0.1, -0.05) is 36.7 Å². The van der Waals surface area contributed by atoms with Gasteiger partial charge in [0.2, 0.25) is 0 Å². The standard InChI is InChI=1S/C15H22N4OS/c1-10-5-4-6-14(7-10)19-12(3)16-17-15(19)21-9-13-8-11(2)20-18-13/h8,10,14H,4-7,9H2,1-3H3/t10-,14+/m1/s1. The second kappa shape index (κ2) is 6.22. The predicted octanol–water partition coefficient (Wildman–Crippen LogP) is 3.93. The van der Waals surface area contributed by atoms with Crippen molar-refractivity contribution in [1.82, 2.24) is 19.9 Å². The van der Waals surface area contributed by atoms with Crippen molar-refractivity contribution in [2.24, 2.45) is 5.92 Å². The van der Waals surface area contributed by atoms with Gasteiger partial charge in [-0.25, -0.2) is 0 Å². The number of rotatable bonds is 4. The smallest absolute Gasteiger partial charge is 0.191 e. The molecule has 3 rings (SSSR count). The Labute approximate surface area is 129 Å². The van der Waals surface area contributed by atoms with E-state index in [1.165, 1.54) is 25.7 Å². The third-order valence-corrected chi connectivity index (χ3v) is 5.11. The zero-order valence-electron chi connectivity index (χ0n) is 12.9. The van der Waals surface area contributed by atoms with Gasteiger partial charge in [-0.05, 0) is 32.6 Å². The average molecular weight is 306 g/mol. The summed E-state index contributed by atoms with van der Waals surface area (Å²) < 4.78 is 7.44. The Morgan fingerprint density at radius 3 is 2.90 bits per heavy atom. The largest absolute Gasteiger partial charge is 0.361 e. The SMILES string of the molecule is Cc1cc(CSc2nnc(C)n2[C@H]2CCC[C@@H](C)C2)no1. The number of hydrogen-bond donors (Lipinski definition) is 0. The van der Waals surface area contributed by atoms with E-state index in [1.807, 2.05) is 13.0 Å². The van der Waals surface area contributed by atoms with Crippen molar-refractivity contribution in [3.05, 3.63) is 23.3 Å². The molecule has 2 heterocycles. The van der Waals surface area contributed by atoms with Crippen LogP contribution in [0.15, 0.2) is 15.7 Å². The van der Waals surface area contributed by atoms with Crippen LogP contribution in [0.25, 0.3) is 0 Å². The first-order valence-corrected chi connectivity index (χ1v) is 8.58. The van der Waals surface area contributed by atoms with E-state index >= 15 is 0 Å². The van der Waals surface area contributed by atoms with Gasteiger partial charge in [-0.3, -0.25) is 0 Å². The Kier molecular flexibility index (Phi) is 4.33. The first-order chi connectivity index (χ1) is 10.1. The molecule has 1 aliphatic carbocycles. The third kappa shape index (κ3) is 3.31. The summed E-state index contributed by atoms with van der Waals surface area (Å²) in [6.45, 7) is 6.31. The molecule has 0 N–H and O–H groups in total. The van der Waals surface area contributed by atoms with Gasteiger partial charge in [0.05, 0.1) is 5.69 Å². The van der Waals surface area contributed by atoms with Crippen LogP contribution >= 0.6 is 11.8 Å². The molecule has 1 fully saturated rings. The van der Waals surface area contributed by atoms with Crippen molar-refractivity contribution in [2.45, 2.75) is 63.4 Å². The first kappa shape index (κ1) is 14.6. The molecule has 0 radical (unpaired) electrons. The molecule has 1 saturated carbocycles. The van der Waals surface area contributed by atoms with Crippen LogP contribution in [0.4, 0.5) is 0 Å². The van der Waals surface area contributed by atoms with Crippen LogP contribution in [-0.2, 0) is 5.75 Å². The van der Waals surface area contributed by atoms with Gasteiger partial charge in [0, 0.05) is 17.9 Å². The monoisotopic (exact) mass is 306 g/mol. The van der Waals surface area contributed by atoms with Crippen molar-refractivity contribution in [1.29, 1.82) is 0 Å². The summed E-state index contributed by atoms with van der Waals surface area (Å²) in [5, 5.41) is 13.7. The lowest BCUT2D eigenvalue weighted by atomic mass is 9.87. The van der Waals surface area contributed by atoms with Crippen molar-refractivity contribution in [3.8, 4) is 0 Å². The molecule has 21 heavy (non-hydrogen) atoms. The van der Waals surface area contributed by atoms with Gasteiger partial charge in [-0.15, -0.1) is 10.2 Å². The maximum Gasteiger partial charge on any atom is 0.191 e. The molecule has 0 spiro atoms. The van der Waals surface area contributed by atoms with E-state index in [-0.39, 0.29) is 0 Å². The van der Waals surface area contributed by atoms with E-state index in [0.29, 0.717) is 6.04 Å². The molecular formula is C15H22N4OS. The highest BCUT2D eigenvalue weighted by atomic mass is 32.2. The Balaban J connectivity index is 1.73. The summed E-state index contributed by atoms with van der Waals surface area (Å²) in [5.74, 6) is 3.44. The summed E-state index contributed by atoms with van der Waals surface area (Å²) in [6, 6.07) is 2.52. The molecule has 6 heteroatoms. The van der Waals surface area contributed by atoms with Crippen LogP contribution in [0.2, 0.25) is 0 Å². The van der Waals surface area contributed by atoms with E-state index in [1.54, 1.807) is 11.8 Å². The zero-order valence-corrected chi connectivity index (χ0v) is 13.7. The van der Waals surface area contributed by atoms with E-state index in [9.17, 15) is 0 Å². The van der Waals surface area contributed by atoms with Gasteiger partial charge in [0.15, 0.2) is 5.16 Å². The van der Waals surface area contributed by atoms with Crippen LogP contribution < -0.4 is 0 Å². The quantitative estimate of drug-likeness (QED) is 0.801. The number of thioether (sulfide) groups is 1. The molecule has 2 atom stereocenters. The third-order valence-electron chi connectivity index (χ3n) is 4.13. The van der Waals surface area contributed by atoms with Gasteiger partial charge in [0.25, 0.3) is 0 Å². The molecule has 1 aliphatic rings. The van der Waals surface area contributed by atoms with Crippen LogP contribution in [0.3, 0.4) is 0 Å². The normalized spacial score (nSPS) is 22.6. The molecule has 2 aromatic heterocycles. The lowest BCUT2D eigenvalue weighted by Gasteiger charge is -2.29. The Hall–Kier alpha value is -1.30. The number of nitrogens with zero attached hydrogens (tertiary/aromatic N) is 4. The molecule has 5 nitrogen and oxygen atoms in total. The molecule has 114 valence electrons. The second-order valence-electron chi connectivity index (χ2n) is 6.04. The Morgan fingerprint density at radius 2 is 2.19 bits per heavy atom. The zero-order chi connectivity index (χ0) is 14.8. The first-order valence-electron chi connectivity index (χ1n) is 7.60. The number of aromatic nitrogens is 4. The average Bonchev–Trinajstić information content (AvgIpc) is 3.02. The molecule has 0 saturated heterocycles. The molecule has 0 bridgehead atoms. The van der Waals surface area contributed by atoms with E-state index in [0.717, 1.165) is 34.1 Å². The van der Waals surface area contributed by atoms with Gasteiger partial charge >= 0.3 is 0 Å². The topological polar surface area (TPSA) is 56.7 Å². The van der Waals surface area contributed by atoms with Crippen LogP contribution in [0.5, 0.6) is 0 Å². The molecule has 0 unspecified atom stereocenters.